The van der Waals surface area contributed by atoms with Gasteiger partial charge < -0.3 is 9.72 Å². The lowest BCUT2D eigenvalue weighted by Crippen LogP contribution is -1.95. The van der Waals surface area contributed by atoms with Gasteiger partial charge in [0.2, 0.25) is 0 Å². The summed E-state index contributed by atoms with van der Waals surface area (Å²) in [5, 5.41) is 2.71. The molecule has 0 aliphatic heterocycles. The summed E-state index contributed by atoms with van der Waals surface area (Å²) in [7, 11) is 1.53. The van der Waals surface area contributed by atoms with E-state index in [2.05, 4.69) is 24.9 Å². The van der Waals surface area contributed by atoms with Crippen molar-refractivity contribution in [3.8, 4) is 16.7 Å². The number of aromatic amines is 1. The van der Waals surface area contributed by atoms with Crippen molar-refractivity contribution in [2.45, 2.75) is 0 Å². The van der Waals surface area contributed by atoms with Crippen molar-refractivity contribution >= 4 is 22.5 Å². The molecule has 0 bridgehead atoms. The topological polar surface area (TPSA) is 76.6 Å². The fourth-order valence-electron chi connectivity index (χ4n) is 1.40. The van der Waals surface area contributed by atoms with Gasteiger partial charge in [0.25, 0.3) is 0 Å². The molecule has 0 fully saturated rings. The van der Waals surface area contributed by atoms with E-state index in [4.69, 9.17) is 4.74 Å². The fraction of sp³-hybridized carbons (Fsp3) is 0.111. The zero-order valence-electron chi connectivity index (χ0n) is 8.34. The maximum Gasteiger partial charge on any atom is 0.318 e. The molecule has 3 aromatic rings. The summed E-state index contributed by atoms with van der Waals surface area (Å²) in [6.07, 6.45) is 3.31. The van der Waals surface area contributed by atoms with Gasteiger partial charge in [0, 0.05) is 11.6 Å². The Balaban J connectivity index is 2.33. The molecule has 6 nitrogen and oxygen atoms in total. The van der Waals surface area contributed by atoms with E-state index in [9.17, 15) is 0 Å². The predicted octanol–water partition coefficient (Wildman–Crippen LogP) is 1.48. The molecule has 0 aliphatic carbocycles. The summed E-state index contributed by atoms with van der Waals surface area (Å²) in [6.45, 7) is 0. The van der Waals surface area contributed by atoms with Crippen molar-refractivity contribution < 1.29 is 4.74 Å². The Morgan fingerprint density at radius 3 is 3.00 bits per heavy atom. The third-order valence-electron chi connectivity index (χ3n) is 2.08. The minimum Gasteiger partial charge on any atom is -0.467 e. The minimum absolute atomic E-state index is 0.296. The number of methoxy groups -OCH3 is 1. The van der Waals surface area contributed by atoms with E-state index in [0.717, 1.165) is 10.5 Å². The van der Waals surface area contributed by atoms with Crippen LogP contribution in [0, 0.1) is 0 Å². The molecule has 0 unspecified atom stereocenters. The summed E-state index contributed by atoms with van der Waals surface area (Å²) >= 11 is 1.51. The highest BCUT2D eigenvalue weighted by molar-refractivity contribution is 7.13. The van der Waals surface area contributed by atoms with Crippen LogP contribution in [0.1, 0.15) is 0 Å². The average molecular weight is 233 g/mol. The van der Waals surface area contributed by atoms with Crippen LogP contribution in [0.4, 0.5) is 0 Å². The van der Waals surface area contributed by atoms with Crippen molar-refractivity contribution in [3.63, 3.8) is 0 Å². The van der Waals surface area contributed by atoms with E-state index in [1.54, 1.807) is 12.5 Å². The predicted molar refractivity (Wildman–Crippen MR) is 59.3 cm³/mol. The Hall–Kier alpha value is -2.02. The number of imidazole rings is 1. The molecule has 0 radical (unpaired) electrons. The number of fused-ring (bicyclic) bond motifs is 1. The number of hydrogen-bond acceptors (Lipinski definition) is 6. The van der Waals surface area contributed by atoms with E-state index in [1.165, 1.54) is 18.4 Å². The molecule has 0 saturated heterocycles. The number of thiazole rings is 1. The third kappa shape index (κ3) is 1.33. The van der Waals surface area contributed by atoms with Crippen LogP contribution in [0.5, 0.6) is 6.01 Å². The second-order valence-corrected chi connectivity index (χ2v) is 3.89. The molecule has 80 valence electrons. The largest absolute Gasteiger partial charge is 0.467 e. The van der Waals surface area contributed by atoms with E-state index in [1.807, 2.05) is 5.38 Å². The molecule has 7 heteroatoms. The maximum atomic E-state index is 5.03. The summed E-state index contributed by atoms with van der Waals surface area (Å²) in [5.41, 5.74) is 2.07. The van der Waals surface area contributed by atoms with E-state index in [-0.39, 0.29) is 0 Å². The van der Waals surface area contributed by atoms with Crippen LogP contribution in [0.15, 0.2) is 17.9 Å². The van der Waals surface area contributed by atoms with Crippen molar-refractivity contribution in [1.29, 1.82) is 0 Å². The smallest absolute Gasteiger partial charge is 0.318 e. The van der Waals surface area contributed by atoms with Crippen LogP contribution >= 0.6 is 11.3 Å². The van der Waals surface area contributed by atoms with E-state index in [0.29, 0.717) is 17.4 Å². The zero-order chi connectivity index (χ0) is 11.0. The first-order valence-electron chi connectivity index (χ1n) is 4.53. The minimum atomic E-state index is 0.296. The number of rotatable bonds is 2. The molecule has 1 N–H and O–H groups in total. The zero-order valence-corrected chi connectivity index (χ0v) is 9.15. The van der Waals surface area contributed by atoms with Crippen molar-refractivity contribution in [3.05, 3.63) is 17.9 Å². The molecule has 0 atom stereocenters. The average Bonchev–Trinajstić information content (AvgIpc) is 2.98. The van der Waals surface area contributed by atoms with Gasteiger partial charge in [-0.25, -0.2) is 9.97 Å². The number of ether oxygens (including phenoxy) is 1. The third-order valence-corrected chi connectivity index (χ3v) is 2.86. The Morgan fingerprint density at radius 2 is 2.25 bits per heavy atom. The van der Waals surface area contributed by atoms with Crippen LogP contribution in [0.2, 0.25) is 0 Å². The van der Waals surface area contributed by atoms with Gasteiger partial charge in [0.05, 0.1) is 13.4 Å². The number of nitrogens with one attached hydrogen (secondary N) is 1. The molecule has 16 heavy (non-hydrogen) atoms. The van der Waals surface area contributed by atoms with Gasteiger partial charge in [-0.3, -0.25) is 0 Å². The molecule has 0 aromatic carbocycles. The SMILES string of the molecule is COc1nc(-c2nccs2)c2[nH]cnc2n1. The molecule has 3 aromatic heterocycles. The summed E-state index contributed by atoms with van der Waals surface area (Å²) in [4.78, 5) is 19.7. The number of nitrogens with zero attached hydrogens (tertiary/aromatic N) is 4. The number of H-pyrrole nitrogens is 1. The van der Waals surface area contributed by atoms with Crippen LogP contribution in [0.3, 0.4) is 0 Å². The highest BCUT2D eigenvalue weighted by Gasteiger charge is 2.13. The molecule has 0 saturated carbocycles. The Kier molecular flexibility index (Phi) is 2.03. The highest BCUT2D eigenvalue weighted by Crippen LogP contribution is 2.26. The molecule has 3 heterocycles. The van der Waals surface area contributed by atoms with Gasteiger partial charge in [-0.05, 0) is 0 Å². The van der Waals surface area contributed by atoms with Gasteiger partial charge in [0.1, 0.15) is 16.2 Å². The van der Waals surface area contributed by atoms with Crippen LogP contribution in [-0.2, 0) is 0 Å². The van der Waals surface area contributed by atoms with Gasteiger partial charge in [-0.1, -0.05) is 0 Å². The molecular formula is C9H7N5OS. The van der Waals surface area contributed by atoms with Crippen LogP contribution in [-0.4, -0.2) is 32.0 Å². The Labute approximate surface area is 94.4 Å². The van der Waals surface area contributed by atoms with E-state index < -0.39 is 0 Å². The molecule has 0 amide bonds. The first kappa shape index (κ1) is 9.22. The first-order chi connectivity index (χ1) is 7.88. The lowest BCUT2D eigenvalue weighted by atomic mass is 10.4. The second-order valence-electron chi connectivity index (χ2n) is 3.00. The quantitative estimate of drug-likeness (QED) is 0.725. The Morgan fingerprint density at radius 1 is 1.31 bits per heavy atom. The maximum absolute atomic E-state index is 5.03. The normalized spacial score (nSPS) is 10.8. The molecule has 0 spiro atoms. The number of aromatic nitrogens is 5. The second kappa shape index (κ2) is 3.53. The standard InChI is InChI=1S/C9H7N5OS/c1-15-9-13-6(8-10-2-3-16-8)5-7(14-9)12-4-11-5/h2-4H,1H3,(H,11,12,13,14). The van der Waals surface area contributed by atoms with Crippen molar-refractivity contribution in [2.75, 3.05) is 7.11 Å². The monoisotopic (exact) mass is 233 g/mol. The highest BCUT2D eigenvalue weighted by atomic mass is 32.1. The molecule has 3 rings (SSSR count). The van der Waals surface area contributed by atoms with Crippen molar-refractivity contribution in [1.82, 2.24) is 24.9 Å². The van der Waals surface area contributed by atoms with Gasteiger partial charge >= 0.3 is 6.01 Å². The molecule has 0 aliphatic rings. The van der Waals surface area contributed by atoms with Gasteiger partial charge in [-0.2, -0.15) is 9.97 Å². The van der Waals surface area contributed by atoms with Crippen LogP contribution < -0.4 is 4.74 Å². The van der Waals surface area contributed by atoms with Crippen LogP contribution in [0.25, 0.3) is 21.9 Å². The fourth-order valence-corrected chi connectivity index (χ4v) is 2.03. The lowest BCUT2D eigenvalue weighted by Gasteiger charge is -2.00. The van der Waals surface area contributed by atoms with Gasteiger partial charge in [0.15, 0.2) is 5.65 Å². The van der Waals surface area contributed by atoms with Gasteiger partial charge in [-0.15, -0.1) is 11.3 Å². The summed E-state index contributed by atoms with van der Waals surface area (Å²) < 4.78 is 5.03. The number of hydrogen-bond donors (Lipinski definition) is 1. The molecular weight excluding hydrogens is 226 g/mol. The Bertz CT molecular complexity index is 618. The summed E-state index contributed by atoms with van der Waals surface area (Å²) in [6, 6.07) is 0.296. The first-order valence-corrected chi connectivity index (χ1v) is 5.41. The lowest BCUT2D eigenvalue weighted by molar-refractivity contribution is 0.382. The van der Waals surface area contributed by atoms with Crippen molar-refractivity contribution in [2.24, 2.45) is 0 Å². The summed E-state index contributed by atoms with van der Waals surface area (Å²) in [5.74, 6) is 0. The van der Waals surface area contributed by atoms with E-state index >= 15 is 0 Å².